The monoisotopic (exact) mass is 329 g/mol. The van der Waals surface area contributed by atoms with Crippen LogP contribution in [-0.4, -0.2) is 54.0 Å². The molecule has 1 saturated heterocycles. The molecule has 118 valence electrons. The van der Waals surface area contributed by atoms with Crippen LogP contribution in [0.5, 0.6) is 0 Å². The minimum atomic E-state index is -0.155. The predicted octanol–water partition coefficient (Wildman–Crippen LogP) is 2.43. The fourth-order valence-corrected chi connectivity index (χ4v) is 3.55. The van der Waals surface area contributed by atoms with Crippen molar-refractivity contribution in [3.8, 4) is 0 Å². The fourth-order valence-electron chi connectivity index (χ4n) is 2.42. The average molecular weight is 330 g/mol. The Morgan fingerprint density at radius 3 is 2.38 bits per heavy atom. The van der Waals surface area contributed by atoms with Crippen LogP contribution in [0.25, 0.3) is 0 Å². The number of nitrogens with one attached hydrogen (secondary N) is 1. The number of hydrogen-bond donors (Lipinski definition) is 1. The standard InChI is InChI=1S/C15H24ClN3OS/c1-15(2,3)17-14(20)11-19-8-6-18(7-9-19)10-12-4-5-13(16)21-12/h4-5H,6-11H2,1-3H3,(H,17,20). The van der Waals surface area contributed by atoms with Gasteiger partial charge in [0.15, 0.2) is 0 Å². The van der Waals surface area contributed by atoms with Crippen molar-refractivity contribution in [1.29, 1.82) is 0 Å². The van der Waals surface area contributed by atoms with Crippen molar-refractivity contribution in [2.75, 3.05) is 32.7 Å². The average Bonchev–Trinajstić information content (AvgIpc) is 2.75. The summed E-state index contributed by atoms with van der Waals surface area (Å²) < 4.78 is 0.850. The van der Waals surface area contributed by atoms with Gasteiger partial charge in [-0.1, -0.05) is 11.6 Å². The van der Waals surface area contributed by atoms with Gasteiger partial charge in [-0.2, -0.15) is 0 Å². The number of rotatable bonds is 4. The molecule has 0 aromatic carbocycles. The molecule has 1 N–H and O–H groups in total. The van der Waals surface area contributed by atoms with Crippen LogP contribution in [0.2, 0.25) is 4.34 Å². The lowest BCUT2D eigenvalue weighted by Crippen LogP contribution is -2.51. The summed E-state index contributed by atoms with van der Waals surface area (Å²) in [5, 5.41) is 3.01. The Kier molecular flexibility index (Phi) is 5.66. The van der Waals surface area contributed by atoms with Crippen molar-refractivity contribution in [3.63, 3.8) is 0 Å². The molecule has 1 fully saturated rings. The summed E-state index contributed by atoms with van der Waals surface area (Å²) >= 11 is 7.60. The van der Waals surface area contributed by atoms with Gasteiger partial charge in [-0.25, -0.2) is 0 Å². The maximum absolute atomic E-state index is 11.9. The fraction of sp³-hybridized carbons (Fsp3) is 0.667. The molecule has 0 atom stereocenters. The highest BCUT2D eigenvalue weighted by Gasteiger charge is 2.21. The van der Waals surface area contributed by atoms with Gasteiger partial charge in [0.2, 0.25) is 5.91 Å². The molecule has 4 nitrogen and oxygen atoms in total. The number of hydrogen-bond acceptors (Lipinski definition) is 4. The van der Waals surface area contributed by atoms with Gasteiger partial charge in [0, 0.05) is 43.1 Å². The molecule has 0 aliphatic carbocycles. The Morgan fingerprint density at radius 1 is 1.24 bits per heavy atom. The first kappa shape index (κ1) is 16.7. The van der Waals surface area contributed by atoms with Crippen LogP contribution in [0.1, 0.15) is 25.6 Å². The first-order valence-electron chi connectivity index (χ1n) is 7.32. The van der Waals surface area contributed by atoms with E-state index in [1.807, 2.05) is 26.8 Å². The number of amides is 1. The van der Waals surface area contributed by atoms with Gasteiger partial charge in [-0.15, -0.1) is 11.3 Å². The Labute approximate surface area is 136 Å². The van der Waals surface area contributed by atoms with Gasteiger partial charge >= 0.3 is 0 Å². The highest BCUT2D eigenvalue weighted by Crippen LogP contribution is 2.23. The van der Waals surface area contributed by atoms with Crippen LogP contribution < -0.4 is 5.32 Å². The van der Waals surface area contributed by atoms with Crippen molar-refractivity contribution in [1.82, 2.24) is 15.1 Å². The third kappa shape index (κ3) is 5.94. The van der Waals surface area contributed by atoms with Gasteiger partial charge in [0.05, 0.1) is 10.9 Å². The summed E-state index contributed by atoms with van der Waals surface area (Å²) in [5.41, 5.74) is -0.155. The normalized spacial score (nSPS) is 17.9. The minimum Gasteiger partial charge on any atom is -0.350 e. The summed E-state index contributed by atoms with van der Waals surface area (Å²) in [5.74, 6) is 0.112. The molecule has 21 heavy (non-hydrogen) atoms. The molecule has 2 heterocycles. The summed E-state index contributed by atoms with van der Waals surface area (Å²) in [6.07, 6.45) is 0. The second kappa shape index (κ2) is 7.09. The quantitative estimate of drug-likeness (QED) is 0.921. The highest BCUT2D eigenvalue weighted by atomic mass is 35.5. The molecule has 2 rings (SSSR count). The van der Waals surface area contributed by atoms with E-state index in [-0.39, 0.29) is 11.4 Å². The van der Waals surface area contributed by atoms with E-state index in [2.05, 4.69) is 21.2 Å². The molecule has 1 aliphatic rings. The third-order valence-electron chi connectivity index (χ3n) is 3.35. The number of piperazine rings is 1. The first-order valence-corrected chi connectivity index (χ1v) is 8.51. The van der Waals surface area contributed by atoms with Gasteiger partial charge in [-0.05, 0) is 32.9 Å². The number of carbonyl (C=O) groups excluding carboxylic acids is 1. The molecular formula is C15H24ClN3OS. The molecule has 1 aromatic rings. The molecule has 0 unspecified atom stereocenters. The molecule has 1 aliphatic heterocycles. The van der Waals surface area contributed by atoms with Gasteiger partial charge in [0.1, 0.15) is 0 Å². The van der Waals surface area contributed by atoms with E-state index < -0.39 is 0 Å². The maximum Gasteiger partial charge on any atom is 0.234 e. The summed E-state index contributed by atoms with van der Waals surface area (Å²) in [7, 11) is 0. The highest BCUT2D eigenvalue weighted by molar-refractivity contribution is 7.16. The van der Waals surface area contributed by atoms with Crippen molar-refractivity contribution < 1.29 is 4.79 Å². The molecule has 6 heteroatoms. The molecule has 0 bridgehead atoms. The van der Waals surface area contributed by atoms with Crippen LogP contribution >= 0.6 is 22.9 Å². The summed E-state index contributed by atoms with van der Waals surface area (Å²) in [4.78, 5) is 17.9. The molecule has 1 aromatic heterocycles. The second-order valence-corrected chi connectivity index (χ2v) is 8.36. The predicted molar refractivity (Wildman–Crippen MR) is 88.9 cm³/mol. The zero-order valence-corrected chi connectivity index (χ0v) is 14.6. The lowest BCUT2D eigenvalue weighted by Gasteiger charge is -2.34. The van der Waals surface area contributed by atoms with Crippen LogP contribution in [0.15, 0.2) is 12.1 Å². The molecule has 1 amide bonds. The largest absolute Gasteiger partial charge is 0.350 e. The SMILES string of the molecule is CC(C)(C)NC(=O)CN1CCN(Cc2ccc(Cl)s2)CC1. The Hall–Kier alpha value is -0.620. The van der Waals surface area contributed by atoms with Crippen LogP contribution in [0.4, 0.5) is 0 Å². The molecular weight excluding hydrogens is 306 g/mol. The maximum atomic E-state index is 11.9. The van der Waals surface area contributed by atoms with Crippen molar-refractivity contribution in [2.24, 2.45) is 0 Å². The Bertz CT molecular complexity index is 476. The lowest BCUT2D eigenvalue weighted by atomic mass is 10.1. The topological polar surface area (TPSA) is 35.6 Å². The lowest BCUT2D eigenvalue weighted by molar-refractivity contribution is -0.124. The zero-order valence-electron chi connectivity index (χ0n) is 13.0. The van der Waals surface area contributed by atoms with Gasteiger partial charge in [0.25, 0.3) is 0 Å². The molecule has 0 radical (unpaired) electrons. The van der Waals surface area contributed by atoms with E-state index in [4.69, 9.17) is 11.6 Å². The van der Waals surface area contributed by atoms with Crippen LogP contribution in [0.3, 0.4) is 0 Å². The minimum absolute atomic E-state index is 0.112. The van der Waals surface area contributed by atoms with Crippen LogP contribution in [0, 0.1) is 0 Å². The number of carbonyl (C=O) groups is 1. The van der Waals surface area contributed by atoms with E-state index >= 15 is 0 Å². The smallest absolute Gasteiger partial charge is 0.234 e. The van der Waals surface area contributed by atoms with Crippen molar-refractivity contribution in [3.05, 3.63) is 21.3 Å². The van der Waals surface area contributed by atoms with Gasteiger partial charge < -0.3 is 5.32 Å². The van der Waals surface area contributed by atoms with Crippen molar-refractivity contribution >= 4 is 28.8 Å². The van der Waals surface area contributed by atoms with E-state index in [0.29, 0.717) is 6.54 Å². The van der Waals surface area contributed by atoms with Gasteiger partial charge in [-0.3, -0.25) is 14.6 Å². The third-order valence-corrected chi connectivity index (χ3v) is 4.57. The van der Waals surface area contributed by atoms with Crippen LogP contribution in [-0.2, 0) is 11.3 Å². The number of nitrogens with zero attached hydrogens (tertiary/aromatic N) is 2. The number of thiophene rings is 1. The Balaban J connectivity index is 1.72. The molecule has 0 saturated carbocycles. The van der Waals surface area contributed by atoms with E-state index in [0.717, 1.165) is 37.1 Å². The number of halogens is 1. The van der Waals surface area contributed by atoms with E-state index in [9.17, 15) is 4.79 Å². The summed E-state index contributed by atoms with van der Waals surface area (Å²) in [6, 6.07) is 4.05. The summed E-state index contributed by atoms with van der Waals surface area (Å²) in [6.45, 7) is 11.4. The van der Waals surface area contributed by atoms with E-state index in [1.54, 1.807) is 11.3 Å². The van der Waals surface area contributed by atoms with E-state index in [1.165, 1.54) is 4.88 Å². The van der Waals surface area contributed by atoms with Crippen molar-refractivity contribution in [2.45, 2.75) is 32.9 Å². The first-order chi connectivity index (χ1) is 9.82. The zero-order chi connectivity index (χ0) is 15.5. The molecule has 0 spiro atoms. The second-order valence-electron chi connectivity index (χ2n) is 6.56. The Morgan fingerprint density at radius 2 is 1.86 bits per heavy atom.